The summed E-state index contributed by atoms with van der Waals surface area (Å²) in [5.74, 6) is 0.148. The molecule has 0 fully saturated rings. The fourth-order valence-corrected chi connectivity index (χ4v) is 0.843. The highest BCUT2D eigenvalue weighted by Crippen LogP contribution is 2.07. The molecule has 11 heavy (non-hydrogen) atoms. The zero-order valence-corrected chi connectivity index (χ0v) is 7.21. The highest BCUT2D eigenvalue weighted by Gasteiger charge is 2.01. The molecule has 0 saturated heterocycles. The van der Waals surface area contributed by atoms with E-state index in [2.05, 4.69) is 0 Å². The first kappa shape index (κ1) is 10.4. The molecule has 1 unspecified atom stereocenters. The molecule has 0 aromatic rings. The molecule has 0 aliphatic rings. The van der Waals surface area contributed by atoms with Gasteiger partial charge in [-0.3, -0.25) is 4.79 Å². The predicted octanol–water partition coefficient (Wildman–Crippen LogP) is 1.54. The van der Waals surface area contributed by atoms with Gasteiger partial charge in [-0.1, -0.05) is 19.9 Å². The second-order valence-corrected chi connectivity index (χ2v) is 2.56. The largest absolute Gasteiger partial charge is 0.396 e. The number of carbonyl (C=O) groups excluding carboxylic acids is 1. The lowest BCUT2D eigenvalue weighted by Gasteiger charge is -2.05. The van der Waals surface area contributed by atoms with Gasteiger partial charge in [0.25, 0.3) is 0 Å². The van der Waals surface area contributed by atoms with Crippen molar-refractivity contribution in [3.8, 4) is 0 Å². The molecule has 0 rings (SSSR count). The average molecular weight is 156 g/mol. The van der Waals surface area contributed by atoms with Gasteiger partial charge in [-0.15, -0.1) is 0 Å². The lowest BCUT2D eigenvalue weighted by atomic mass is 10.0. The number of aliphatic hydroxyl groups excluding tert-OH is 1. The van der Waals surface area contributed by atoms with Crippen LogP contribution in [-0.2, 0) is 4.79 Å². The van der Waals surface area contributed by atoms with Crippen LogP contribution in [0.2, 0.25) is 0 Å². The van der Waals surface area contributed by atoms with Gasteiger partial charge in [0, 0.05) is 12.5 Å². The van der Waals surface area contributed by atoms with Gasteiger partial charge in [0.2, 0.25) is 0 Å². The maximum absolute atomic E-state index is 10.4. The van der Waals surface area contributed by atoms with Crippen molar-refractivity contribution in [2.45, 2.75) is 26.7 Å². The summed E-state index contributed by atoms with van der Waals surface area (Å²) >= 11 is 0. The Morgan fingerprint density at radius 1 is 1.55 bits per heavy atom. The molecule has 1 atom stereocenters. The molecule has 0 spiro atoms. The third kappa shape index (κ3) is 3.94. The third-order valence-corrected chi connectivity index (χ3v) is 1.77. The molecule has 0 aliphatic heterocycles. The van der Waals surface area contributed by atoms with Crippen LogP contribution in [0.1, 0.15) is 26.7 Å². The van der Waals surface area contributed by atoms with Crippen LogP contribution in [0.15, 0.2) is 11.6 Å². The molecule has 0 aliphatic carbocycles. The molecule has 0 heterocycles. The van der Waals surface area contributed by atoms with E-state index in [4.69, 9.17) is 5.11 Å². The number of allylic oxidation sites excluding steroid dienone is 1. The van der Waals surface area contributed by atoms with E-state index >= 15 is 0 Å². The molecule has 0 saturated carbocycles. The summed E-state index contributed by atoms with van der Waals surface area (Å²) in [6, 6.07) is 0. The van der Waals surface area contributed by atoms with Crippen LogP contribution in [0.4, 0.5) is 0 Å². The Kier molecular flexibility index (Phi) is 5.75. The van der Waals surface area contributed by atoms with E-state index in [0.717, 1.165) is 24.7 Å². The van der Waals surface area contributed by atoms with Crippen LogP contribution in [0.3, 0.4) is 0 Å². The molecular weight excluding hydrogens is 140 g/mol. The first-order valence-electron chi connectivity index (χ1n) is 4.05. The van der Waals surface area contributed by atoms with Gasteiger partial charge in [-0.25, -0.2) is 0 Å². The minimum absolute atomic E-state index is 0.133. The molecular formula is C9H16O2. The number of hydrogen-bond acceptors (Lipinski definition) is 2. The average Bonchev–Trinajstić information content (AvgIpc) is 2.07. The van der Waals surface area contributed by atoms with Gasteiger partial charge in [0.1, 0.15) is 6.29 Å². The second-order valence-electron chi connectivity index (χ2n) is 2.56. The SMILES string of the molecule is CCC(C=O)=CC(CC)CO. The van der Waals surface area contributed by atoms with Crippen LogP contribution in [-0.4, -0.2) is 18.0 Å². The molecule has 0 radical (unpaired) electrons. The van der Waals surface area contributed by atoms with Crippen molar-refractivity contribution in [2.75, 3.05) is 6.61 Å². The number of rotatable bonds is 5. The Balaban J connectivity index is 4.09. The standard InChI is InChI=1S/C9H16O2/c1-3-8(6-10)5-9(4-2)7-11/h5-6,9,11H,3-4,7H2,1-2H3. The maximum atomic E-state index is 10.4. The van der Waals surface area contributed by atoms with Crippen molar-refractivity contribution in [3.63, 3.8) is 0 Å². The summed E-state index contributed by atoms with van der Waals surface area (Å²) in [5, 5.41) is 8.81. The third-order valence-electron chi connectivity index (χ3n) is 1.77. The molecule has 1 N–H and O–H groups in total. The Morgan fingerprint density at radius 2 is 2.18 bits per heavy atom. The number of aldehydes is 1. The minimum Gasteiger partial charge on any atom is -0.396 e. The van der Waals surface area contributed by atoms with E-state index in [9.17, 15) is 4.79 Å². The second kappa shape index (κ2) is 6.10. The molecule has 2 heteroatoms. The van der Waals surface area contributed by atoms with E-state index in [0.29, 0.717) is 0 Å². The molecule has 2 nitrogen and oxygen atoms in total. The Hall–Kier alpha value is -0.630. The lowest BCUT2D eigenvalue weighted by molar-refractivity contribution is -0.105. The minimum atomic E-state index is 0.133. The van der Waals surface area contributed by atoms with Gasteiger partial charge >= 0.3 is 0 Å². The van der Waals surface area contributed by atoms with E-state index < -0.39 is 0 Å². The quantitative estimate of drug-likeness (QED) is 0.484. The molecule has 0 aromatic heterocycles. The highest BCUT2D eigenvalue weighted by atomic mass is 16.3. The fraction of sp³-hybridized carbons (Fsp3) is 0.667. The van der Waals surface area contributed by atoms with E-state index in [1.807, 2.05) is 19.9 Å². The normalized spacial score (nSPS) is 14.6. The molecule has 64 valence electrons. The number of hydrogen-bond donors (Lipinski definition) is 1. The zero-order chi connectivity index (χ0) is 8.69. The van der Waals surface area contributed by atoms with Crippen LogP contribution >= 0.6 is 0 Å². The summed E-state index contributed by atoms with van der Waals surface area (Å²) in [6.07, 6.45) is 4.35. The van der Waals surface area contributed by atoms with Gasteiger partial charge in [-0.05, 0) is 18.4 Å². The molecule has 0 bridgehead atoms. The van der Waals surface area contributed by atoms with Crippen molar-refractivity contribution in [3.05, 3.63) is 11.6 Å². The topological polar surface area (TPSA) is 37.3 Å². The number of aliphatic hydroxyl groups is 1. The lowest BCUT2D eigenvalue weighted by Crippen LogP contribution is -2.02. The van der Waals surface area contributed by atoms with E-state index in [1.54, 1.807) is 0 Å². The summed E-state index contributed by atoms with van der Waals surface area (Å²) in [6.45, 7) is 4.06. The van der Waals surface area contributed by atoms with Crippen molar-refractivity contribution >= 4 is 6.29 Å². The Morgan fingerprint density at radius 3 is 2.45 bits per heavy atom. The van der Waals surface area contributed by atoms with E-state index in [-0.39, 0.29) is 12.5 Å². The molecule has 0 aromatic carbocycles. The summed E-state index contributed by atoms with van der Waals surface area (Å²) in [5.41, 5.74) is 0.783. The van der Waals surface area contributed by atoms with Crippen LogP contribution in [0.5, 0.6) is 0 Å². The summed E-state index contributed by atoms with van der Waals surface area (Å²) in [4.78, 5) is 10.4. The monoisotopic (exact) mass is 156 g/mol. The maximum Gasteiger partial charge on any atom is 0.145 e. The summed E-state index contributed by atoms with van der Waals surface area (Å²) in [7, 11) is 0. The van der Waals surface area contributed by atoms with Crippen molar-refractivity contribution in [2.24, 2.45) is 5.92 Å². The van der Waals surface area contributed by atoms with Gasteiger partial charge < -0.3 is 5.11 Å². The first-order chi connectivity index (χ1) is 5.28. The van der Waals surface area contributed by atoms with Crippen LogP contribution in [0.25, 0.3) is 0 Å². The fourth-order valence-electron chi connectivity index (χ4n) is 0.843. The Labute approximate surface area is 67.9 Å². The van der Waals surface area contributed by atoms with Crippen LogP contribution in [0, 0.1) is 5.92 Å². The highest BCUT2D eigenvalue weighted by molar-refractivity contribution is 5.72. The molecule has 0 amide bonds. The van der Waals surface area contributed by atoms with Crippen molar-refractivity contribution < 1.29 is 9.90 Å². The summed E-state index contributed by atoms with van der Waals surface area (Å²) < 4.78 is 0. The van der Waals surface area contributed by atoms with Crippen LogP contribution < -0.4 is 0 Å². The van der Waals surface area contributed by atoms with E-state index in [1.165, 1.54) is 0 Å². The predicted molar refractivity (Wildman–Crippen MR) is 45.3 cm³/mol. The number of carbonyl (C=O) groups is 1. The van der Waals surface area contributed by atoms with Crippen molar-refractivity contribution in [1.82, 2.24) is 0 Å². The van der Waals surface area contributed by atoms with Gasteiger partial charge in [0.05, 0.1) is 0 Å². The first-order valence-corrected chi connectivity index (χ1v) is 4.05. The zero-order valence-electron chi connectivity index (χ0n) is 7.21. The smallest absolute Gasteiger partial charge is 0.145 e. The van der Waals surface area contributed by atoms with Gasteiger partial charge in [0.15, 0.2) is 0 Å². The Bertz CT molecular complexity index is 134. The van der Waals surface area contributed by atoms with Crippen molar-refractivity contribution in [1.29, 1.82) is 0 Å². The van der Waals surface area contributed by atoms with Gasteiger partial charge in [-0.2, -0.15) is 0 Å².